The lowest BCUT2D eigenvalue weighted by atomic mass is 9.78. The highest BCUT2D eigenvalue weighted by molar-refractivity contribution is 7.22. The van der Waals surface area contributed by atoms with Crippen molar-refractivity contribution in [2.75, 3.05) is 25.0 Å². The van der Waals surface area contributed by atoms with Crippen molar-refractivity contribution < 1.29 is 32.6 Å². The SMILES string of the molecule is C[C@H]1CN(C(=O)c2ccnc(C(F)(F)F)c2)CCN1C1CC(C(=O)Nc2nc3ccc(-c4cnc(CO[C@H]5CCC[C@@H]5O)nc4)cc3s2)C1. The van der Waals surface area contributed by atoms with Crippen molar-refractivity contribution in [3.05, 3.63) is 66.0 Å². The van der Waals surface area contributed by atoms with E-state index < -0.39 is 23.9 Å². The van der Waals surface area contributed by atoms with Crippen molar-refractivity contribution in [1.29, 1.82) is 0 Å². The number of amides is 2. The summed E-state index contributed by atoms with van der Waals surface area (Å²) < 4.78 is 46.0. The zero-order chi connectivity index (χ0) is 34.3. The van der Waals surface area contributed by atoms with Gasteiger partial charge >= 0.3 is 6.18 Å². The Balaban J connectivity index is 0.897. The molecule has 3 aromatic heterocycles. The molecule has 1 saturated heterocycles. The fraction of sp³-hybridized carbons (Fsp3) is 0.471. The molecule has 258 valence electrons. The number of piperazine rings is 1. The van der Waals surface area contributed by atoms with Crippen LogP contribution in [0.2, 0.25) is 0 Å². The van der Waals surface area contributed by atoms with Gasteiger partial charge in [-0.1, -0.05) is 17.4 Å². The summed E-state index contributed by atoms with van der Waals surface area (Å²) in [7, 11) is 0. The van der Waals surface area contributed by atoms with Gasteiger partial charge in [0.2, 0.25) is 5.91 Å². The standard InChI is InChI=1S/C34H36F3N7O4S/c1-19-17-43(32(47)21-7-8-38-29(14-21)34(35,36)37)9-10-44(19)24-11-22(12-24)31(46)42-33-41-25-6-5-20(13-28(25)49-33)23-15-39-30(40-16-23)18-48-27-4-2-3-26(27)45/h5-8,13-16,19,22,24,26-27,45H,2-4,9-12,17-18H2,1H3,(H,41,42,46)/t19-,22?,24?,26-,27-/m0/s1. The van der Waals surface area contributed by atoms with Crippen LogP contribution in [-0.2, 0) is 22.3 Å². The van der Waals surface area contributed by atoms with Gasteiger partial charge in [0.25, 0.3) is 5.91 Å². The number of hydrogen-bond acceptors (Lipinski definition) is 10. The average Bonchev–Trinajstić information content (AvgIpc) is 3.67. The first kappa shape index (κ1) is 33.4. The van der Waals surface area contributed by atoms with Crippen molar-refractivity contribution in [3.8, 4) is 11.1 Å². The molecule has 49 heavy (non-hydrogen) atoms. The summed E-state index contributed by atoms with van der Waals surface area (Å²) in [6.07, 6.45) is 3.24. The van der Waals surface area contributed by atoms with Crippen LogP contribution in [0, 0.1) is 5.92 Å². The number of halogens is 3. The van der Waals surface area contributed by atoms with Gasteiger partial charge in [-0.2, -0.15) is 13.2 Å². The highest BCUT2D eigenvalue weighted by Crippen LogP contribution is 2.37. The monoisotopic (exact) mass is 695 g/mol. The van der Waals surface area contributed by atoms with Crippen LogP contribution in [0.4, 0.5) is 18.3 Å². The molecule has 3 atom stereocenters. The number of nitrogens with zero attached hydrogens (tertiary/aromatic N) is 6. The minimum atomic E-state index is -4.62. The predicted octanol–water partition coefficient (Wildman–Crippen LogP) is 5.16. The lowest BCUT2D eigenvalue weighted by Crippen LogP contribution is -2.60. The second kappa shape index (κ2) is 13.7. The molecule has 4 heterocycles. The van der Waals surface area contributed by atoms with Crippen LogP contribution in [0.25, 0.3) is 21.3 Å². The van der Waals surface area contributed by atoms with E-state index in [1.807, 2.05) is 25.1 Å². The maximum absolute atomic E-state index is 13.1. The lowest BCUT2D eigenvalue weighted by Gasteiger charge is -2.49. The molecule has 0 radical (unpaired) electrons. The quantitative estimate of drug-likeness (QED) is 0.257. The molecule has 15 heteroatoms. The van der Waals surface area contributed by atoms with E-state index in [9.17, 15) is 27.9 Å². The predicted molar refractivity (Wildman–Crippen MR) is 176 cm³/mol. The Hall–Kier alpha value is -4.05. The minimum Gasteiger partial charge on any atom is -0.390 e. The molecule has 2 saturated carbocycles. The number of aliphatic hydroxyl groups excluding tert-OH is 1. The van der Waals surface area contributed by atoms with Gasteiger partial charge in [-0.3, -0.25) is 19.5 Å². The molecule has 4 aromatic rings. The molecule has 1 aromatic carbocycles. The van der Waals surface area contributed by atoms with Crippen LogP contribution >= 0.6 is 11.3 Å². The van der Waals surface area contributed by atoms with Crippen LogP contribution in [0.5, 0.6) is 0 Å². The fourth-order valence-corrected chi connectivity index (χ4v) is 7.81. The van der Waals surface area contributed by atoms with Gasteiger partial charge in [-0.05, 0) is 68.9 Å². The Labute approximate surface area is 284 Å². The number of aliphatic hydroxyl groups is 1. The van der Waals surface area contributed by atoms with E-state index in [2.05, 4.69) is 30.2 Å². The molecule has 3 fully saturated rings. The molecule has 2 amide bonds. The Morgan fingerprint density at radius 1 is 1.06 bits per heavy atom. The van der Waals surface area contributed by atoms with Gasteiger partial charge < -0.3 is 20.1 Å². The Kier molecular flexibility index (Phi) is 9.35. The van der Waals surface area contributed by atoms with E-state index in [0.29, 0.717) is 43.4 Å². The summed E-state index contributed by atoms with van der Waals surface area (Å²) in [6.45, 7) is 3.61. The second-order valence-electron chi connectivity index (χ2n) is 13.0. The van der Waals surface area contributed by atoms with Crippen LogP contribution in [0.1, 0.15) is 60.9 Å². The number of aromatic nitrogens is 4. The molecule has 7 rings (SSSR count). The highest BCUT2D eigenvalue weighted by atomic mass is 32.1. The number of anilines is 1. The first-order chi connectivity index (χ1) is 23.5. The minimum absolute atomic E-state index is 0.00465. The molecule has 1 aliphatic heterocycles. The summed E-state index contributed by atoms with van der Waals surface area (Å²) in [5.74, 6) is -0.120. The smallest absolute Gasteiger partial charge is 0.390 e. The number of nitrogens with one attached hydrogen (secondary N) is 1. The summed E-state index contributed by atoms with van der Waals surface area (Å²) in [6, 6.07) is 8.15. The number of hydrogen-bond donors (Lipinski definition) is 2. The van der Waals surface area contributed by atoms with E-state index in [1.54, 1.807) is 17.3 Å². The van der Waals surface area contributed by atoms with Crippen LogP contribution in [0.3, 0.4) is 0 Å². The molecule has 11 nitrogen and oxygen atoms in total. The van der Waals surface area contributed by atoms with Gasteiger partial charge in [0.15, 0.2) is 11.0 Å². The number of thiazole rings is 1. The van der Waals surface area contributed by atoms with Crippen molar-refractivity contribution in [1.82, 2.24) is 29.7 Å². The number of fused-ring (bicyclic) bond motifs is 1. The molecular weight excluding hydrogens is 659 g/mol. The summed E-state index contributed by atoms with van der Waals surface area (Å²) in [5.41, 5.74) is 1.44. The third kappa shape index (κ3) is 7.30. The topological polar surface area (TPSA) is 134 Å². The number of benzene rings is 1. The van der Waals surface area contributed by atoms with Crippen LogP contribution < -0.4 is 5.32 Å². The lowest BCUT2D eigenvalue weighted by molar-refractivity contribution is -0.141. The zero-order valence-electron chi connectivity index (χ0n) is 26.8. The number of carbonyl (C=O) groups is 2. The molecule has 3 aliphatic rings. The molecular formula is C34H36F3N7O4S. The van der Waals surface area contributed by atoms with Crippen LogP contribution in [0.15, 0.2) is 48.9 Å². The van der Waals surface area contributed by atoms with Gasteiger partial charge in [-0.25, -0.2) is 15.0 Å². The zero-order valence-corrected chi connectivity index (χ0v) is 27.6. The van der Waals surface area contributed by atoms with E-state index in [4.69, 9.17) is 4.74 Å². The van der Waals surface area contributed by atoms with E-state index >= 15 is 0 Å². The summed E-state index contributed by atoms with van der Waals surface area (Å²) in [4.78, 5) is 46.8. The molecule has 2 N–H and O–H groups in total. The fourth-order valence-electron chi connectivity index (χ4n) is 6.90. The first-order valence-electron chi connectivity index (χ1n) is 16.4. The van der Waals surface area contributed by atoms with Crippen LogP contribution in [-0.4, -0.2) is 90.6 Å². The van der Waals surface area contributed by atoms with E-state index in [-0.39, 0.29) is 42.2 Å². The Morgan fingerprint density at radius 2 is 1.86 bits per heavy atom. The molecule has 0 bridgehead atoms. The third-order valence-electron chi connectivity index (χ3n) is 9.72. The molecule has 2 aliphatic carbocycles. The second-order valence-corrected chi connectivity index (χ2v) is 14.0. The number of alkyl halides is 3. The molecule has 0 spiro atoms. The number of rotatable bonds is 8. The Bertz CT molecular complexity index is 1830. The van der Waals surface area contributed by atoms with Crippen molar-refractivity contribution in [2.24, 2.45) is 5.92 Å². The number of ether oxygens (including phenoxy) is 1. The van der Waals surface area contributed by atoms with Crippen molar-refractivity contribution in [2.45, 2.75) is 76.1 Å². The van der Waals surface area contributed by atoms with Crippen molar-refractivity contribution >= 4 is 38.5 Å². The summed E-state index contributed by atoms with van der Waals surface area (Å²) in [5, 5.41) is 13.5. The highest BCUT2D eigenvalue weighted by Gasteiger charge is 2.42. The summed E-state index contributed by atoms with van der Waals surface area (Å²) >= 11 is 1.40. The average molecular weight is 696 g/mol. The first-order valence-corrected chi connectivity index (χ1v) is 17.2. The van der Waals surface area contributed by atoms with Crippen molar-refractivity contribution in [3.63, 3.8) is 0 Å². The Morgan fingerprint density at radius 3 is 2.57 bits per heavy atom. The van der Waals surface area contributed by atoms with E-state index in [1.165, 1.54) is 17.4 Å². The maximum atomic E-state index is 13.1. The number of pyridine rings is 1. The van der Waals surface area contributed by atoms with Gasteiger partial charge in [0.05, 0.1) is 22.4 Å². The number of carbonyl (C=O) groups excluding carboxylic acids is 2. The largest absolute Gasteiger partial charge is 0.433 e. The van der Waals surface area contributed by atoms with Gasteiger partial charge in [-0.15, -0.1) is 0 Å². The van der Waals surface area contributed by atoms with Gasteiger partial charge in [0.1, 0.15) is 12.3 Å². The maximum Gasteiger partial charge on any atom is 0.433 e. The third-order valence-corrected chi connectivity index (χ3v) is 10.7. The van der Waals surface area contributed by atoms with E-state index in [0.717, 1.165) is 52.9 Å². The molecule has 0 unspecified atom stereocenters. The normalized spacial score (nSPS) is 24.6. The van der Waals surface area contributed by atoms with Gasteiger partial charge in [0, 0.05) is 67.4 Å².